The lowest BCUT2D eigenvalue weighted by atomic mass is 9.95. The summed E-state index contributed by atoms with van der Waals surface area (Å²) in [6.45, 7) is 3.63. The second-order valence-electron chi connectivity index (χ2n) is 4.45. The molecule has 1 aliphatic rings. The van der Waals surface area contributed by atoms with Crippen LogP contribution >= 0.6 is 0 Å². The first-order valence-corrected chi connectivity index (χ1v) is 7.36. The van der Waals surface area contributed by atoms with Crippen molar-refractivity contribution in [2.75, 3.05) is 5.75 Å². The van der Waals surface area contributed by atoms with Gasteiger partial charge in [-0.15, -0.1) is 0 Å². The molecule has 5 heteroatoms. The number of rotatable bonds is 4. The zero-order valence-corrected chi connectivity index (χ0v) is 10.9. The molecule has 0 bridgehead atoms. The van der Waals surface area contributed by atoms with Crippen molar-refractivity contribution in [2.45, 2.75) is 56.9 Å². The van der Waals surface area contributed by atoms with Gasteiger partial charge in [0.05, 0.1) is 6.04 Å². The number of nitrogens with two attached hydrogens (primary N) is 1. The third-order valence-corrected chi connectivity index (χ3v) is 4.78. The van der Waals surface area contributed by atoms with Crippen LogP contribution in [0.5, 0.6) is 0 Å². The van der Waals surface area contributed by atoms with E-state index in [2.05, 4.69) is 5.32 Å². The largest absolute Gasteiger partial charge is 0.352 e. The number of hydrogen-bond acceptors (Lipinski definition) is 3. The van der Waals surface area contributed by atoms with Crippen LogP contribution in [0.15, 0.2) is 0 Å². The van der Waals surface area contributed by atoms with Crippen LogP contribution in [0, 0.1) is 0 Å². The van der Waals surface area contributed by atoms with Gasteiger partial charge in [-0.05, 0) is 26.2 Å². The first kappa shape index (κ1) is 13.6. The maximum Gasteiger partial charge on any atom is 0.236 e. The lowest BCUT2D eigenvalue weighted by Gasteiger charge is -2.29. The predicted octanol–water partition coefficient (Wildman–Crippen LogP) is 0.530. The van der Waals surface area contributed by atoms with Crippen LogP contribution in [0.3, 0.4) is 0 Å². The molecule has 3 unspecified atom stereocenters. The third kappa shape index (κ3) is 3.87. The van der Waals surface area contributed by atoms with Gasteiger partial charge in [-0.2, -0.15) is 0 Å². The van der Waals surface area contributed by atoms with Crippen molar-refractivity contribution >= 4 is 16.7 Å². The number of hydrogen-bond donors (Lipinski definition) is 2. The molecule has 0 heterocycles. The Hall–Kier alpha value is -0.420. The molecular formula is C11H22N2O2S. The van der Waals surface area contributed by atoms with Gasteiger partial charge in [0, 0.05) is 27.8 Å². The molecule has 1 saturated carbocycles. The van der Waals surface area contributed by atoms with E-state index in [0.29, 0.717) is 5.75 Å². The number of nitrogens with one attached hydrogen (secondary N) is 1. The van der Waals surface area contributed by atoms with Gasteiger partial charge >= 0.3 is 0 Å². The molecule has 0 aromatic rings. The van der Waals surface area contributed by atoms with Gasteiger partial charge in [-0.3, -0.25) is 9.00 Å². The molecule has 94 valence electrons. The summed E-state index contributed by atoms with van der Waals surface area (Å²) in [6, 6.07) is -0.301. The molecule has 0 radical (unpaired) electrons. The van der Waals surface area contributed by atoms with Gasteiger partial charge in [0.1, 0.15) is 0 Å². The molecule has 0 aromatic heterocycles. The first-order valence-electron chi connectivity index (χ1n) is 5.97. The molecule has 0 saturated heterocycles. The van der Waals surface area contributed by atoms with Crippen molar-refractivity contribution in [2.24, 2.45) is 5.73 Å². The zero-order chi connectivity index (χ0) is 12.1. The SMILES string of the molecule is CCS(=O)C1CCCC(NC(=O)[C@H](C)N)C1. The Morgan fingerprint density at radius 2 is 2.25 bits per heavy atom. The third-order valence-electron chi connectivity index (χ3n) is 3.04. The second-order valence-corrected chi connectivity index (χ2v) is 6.46. The van der Waals surface area contributed by atoms with Gasteiger partial charge in [-0.25, -0.2) is 0 Å². The van der Waals surface area contributed by atoms with E-state index in [1.807, 2.05) is 6.92 Å². The molecule has 0 aromatic carbocycles. The molecule has 0 spiro atoms. The second kappa shape index (κ2) is 6.35. The molecule has 4 atom stereocenters. The van der Waals surface area contributed by atoms with Gasteiger partial charge in [0.2, 0.25) is 5.91 Å². The summed E-state index contributed by atoms with van der Waals surface area (Å²) in [5.74, 6) is 0.603. The summed E-state index contributed by atoms with van der Waals surface area (Å²) in [5.41, 5.74) is 5.50. The molecule has 1 fully saturated rings. The minimum Gasteiger partial charge on any atom is -0.352 e. The van der Waals surface area contributed by atoms with Crippen molar-refractivity contribution in [1.82, 2.24) is 5.32 Å². The Kier molecular flexibility index (Phi) is 5.41. The monoisotopic (exact) mass is 246 g/mol. The summed E-state index contributed by atoms with van der Waals surface area (Å²) in [7, 11) is -0.742. The van der Waals surface area contributed by atoms with Crippen LogP contribution < -0.4 is 11.1 Å². The normalized spacial score (nSPS) is 29.4. The molecule has 1 aliphatic carbocycles. The Labute approximate surface area is 99.8 Å². The van der Waals surface area contributed by atoms with Crippen LogP contribution in [0.1, 0.15) is 39.5 Å². The Bertz CT molecular complexity index is 269. The summed E-state index contributed by atoms with van der Waals surface area (Å²) in [4.78, 5) is 11.4. The standard InChI is InChI=1S/C11H22N2O2S/c1-3-16(15)10-6-4-5-9(7-10)13-11(14)8(2)12/h8-10H,3-7,12H2,1-2H3,(H,13,14)/t8-,9?,10?,16?/m0/s1. The van der Waals surface area contributed by atoms with Gasteiger partial charge in [-0.1, -0.05) is 13.3 Å². The summed E-state index contributed by atoms with van der Waals surface area (Å²) < 4.78 is 11.7. The molecule has 3 N–H and O–H groups in total. The average Bonchev–Trinajstić information content (AvgIpc) is 2.28. The van der Waals surface area contributed by atoms with Crippen LogP contribution in [0.2, 0.25) is 0 Å². The summed E-state index contributed by atoms with van der Waals surface area (Å²) >= 11 is 0. The highest BCUT2D eigenvalue weighted by Crippen LogP contribution is 2.22. The molecule has 4 nitrogen and oxygen atoms in total. The van der Waals surface area contributed by atoms with Crippen molar-refractivity contribution in [3.05, 3.63) is 0 Å². The Morgan fingerprint density at radius 1 is 1.56 bits per heavy atom. The molecular weight excluding hydrogens is 224 g/mol. The minimum absolute atomic E-state index is 0.104. The molecule has 16 heavy (non-hydrogen) atoms. The van der Waals surface area contributed by atoms with E-state index in [4.69, 9.17) is 5.73 Å². The number of carbonyl (C=O) groups is 1. The maximum atomic E-state index is 11.7. The van der Waals surface area contributed by atoms with Gasteiger partial charge in [0.15, 0.2) is 0 Å². The quantitative estimate of drug-likeness (QED) is 0.760. The fourth-order valence-corrected chi connectivity index (χ4v) is 3.43. The van der Waals surface area contributed by atoms with Crippen molar-refractivity contribution in [3.8, 4) is 0 Å². The molecule has 1 amide bonds. The highest BCUT2D eigenvalue weighted by molar-refractivity contribution is 7.85. The van der Waals surface area contributed by atoms with Crippen LogP contribution in [-0.4, -0.2) is 33.2 Å². The van der Waals surface area contributed by atoms with Crippen molar-refractivity contribution in [3.63, 3.8) is 0 Å². The van der Waals surface area contributed by atoms with Crippen LogP contribution in [0.4, 0.5) is 0 Å². The maximum absolute atomic E-state index is 11.7. The summed E-state index contributed by atoms with van der Waals surface area (Å²) in [6.07, 6.45) is 3.88. The van der Waals surface area contributed by atoms with E-state index in [1.54, 1.807) is 6.92 Å². The smallest absolute Gasteiger partial charge is 0.236 e. The predicted molar refractivity (Wildman–Crippen MR) is 66.5 cm³/mol. The van der Waals surface area contributed by atoms with Crippen LogP contribution in [0.25, 0.3) is 0 Å². The van der Waals surface area contributed by atoms with Gasteiger partial charge < -0.3 is 11.1 Å². The van der Waals surface area contributed by atoms with Gasteiger partial charge in [0.25, 0.3) is 0 Å². The molecule has 0 aliphatic heterocycles. The highest BCUT2D eigenvalue weighted by atomic mass is 32.2. The zero-order valence-electron chi connectivity index (χ0n) is 10.1. The Balaban J connectivity index is 2.44. The number of amides is 1. The highest BCUT2D eigenvalue weighted by Gasteiger charge is 2.26. The van der Waals surface area contributed by atoms with Crippen LogP contribution in [-0.2, 0) is 15.6 Å². The lowest BCUT2D eigenvalue weighted by molar-refractivity contribution is -0.122. The van der Waals surface area contributed by atoms with Crippen molar-refractivity contribution < 1.29 is 9.00 Å². The minimum atomic E-state index is -0.742. The topological polar surface area (TPSA) is 72.2 Å². The van der Waals surface area contributed by atoms with E-state index in [9.17, 15) is 9.00 Å². The lowest BCUT2D eigenvalue weighted by Crippen LogP contribution is -2.46. The van der Waals surface area contributed by atoms with Crippen molar-refractivity contribution in [1.29, 1.82) is 0 Å². The average molecular weight is 246 g/mol. The van der Waals surface area contributed by atoms with E-state index < -0.39 is 16.8 Å². The summed E-state index contributed by atoms with van der Waals surface area (Å²) in [5, 5.41) is 3.18. The fraction of sp³-hybridized carbons (Fsp3) is 0.909. The molecule has 1 rings (SSSR count). The van der Waals surface area contributed by atoms with E-state index in [-0.39, 0.29) is 17.2 Å². The van der Waals surface area contributed by atoms with E-state index >= 15 is 0 Å². The fourth-order valence-electron chi connectivity index (χ4n) is 2.08. The Morgan fingerprint density at radius 3 is 2.81 bits per heavy atom. The first-order chi connectivity index (χ1) is 7.54. The van der Waals surface area contributed by atoms with E-state index in [0.717, 1.165) is 25.7 Å². The number of carbonyl (C=O) groups excluding carboxylic acids is 1. The van der Waals surface area contributed by atoms with E-state index in [1.165, 1.54) is 0 Å².